The average molecular weight is 343 g/mol. The highest BCUT2D eigenvalue weighted by atomic mass is 16.5. The minimum atomic E-state index is -1.07. The van der Waals surface area contributed by atoms with Crippen LogP contribution in [0.15, 0.2) is 42.5 Å². The van der Waals surface area contributed by atoms with E-state index in [1.807, 2.05) is 30.3 Å². The van der Waals surface area contributed by atoms with Crippen LogP contribution in [0.2, 0.25) is 0 Å². The van der Waals surface area contributed by atoms with Gasteiger partial charge in [-0.15, -0.1) is 0 Å². The molecule has 0 aliphatic rings. The first-order valence-electron chi connectivity index (χ1n) is 7.61. The van der Waals surface area contributed by atoms with Crippen LogP contribution in [-0.2, 0) is 25.7 Å². The van der Waals surface area contributed by atoms with E-state index in [2.05, 4.69) is 9.84 Å². The van der Waals surface area contributed by atoms with Crippen LogP contribution in [0.25, 0.3) is 11.3 Å². The molecular formula is C17H17N3O5. The fraction of sp³-hybridized carbons (Fsp3) is 0.235. The van der Waals surface area contributed by atoms with Crippen LogP contribution >= 0.6 is 0 Å². The van der Waals surface area contributed by atoms with Gasteiger partial charge in [-0.1, -0.05) is 35.2 Å². The van der Waals surface area contributed by atoms with E-state index in [0.717, 1.165) is 10.5 Å². The molecule has 25 heavy (non-hydrogen) atoms. The number of esters is 1. The Hall–Kier alpha value is -3.29. The zero-order chi connectivity index (χ0) is 18.2. The Kier molecular flexibility index (Phi) is 6.16. The molecule has 1 heterocycles. The SMILES string of the molecule is CCOC(=O)C(=O)N(CC=O)Cc1ccc(-c2ccccc2)n[n+]1[O-]. The van der Waals surface area contributed by atoms with Gasteiger partial charge in [-0.3, -0.25) is 4.79 Å². The summed E-state index contributed by atoms with van der Waals surface area (Å²) in [5, 5.41) is 16.1. The first-order valence-corrected chi connectivity index (χ1v) is 7.61. The molecule has 0 atom stereocenters. The maximum Gasteiger partial charge on any atom is 0.397 e. The van der Waals surface area contributed by atoms with Crippen molar-refractivity contribution in [2.24, 2.45) is 0 Å². The van der Waals surface area contributed by atoms with Crippen molar-refractivity contribution in [1.82, 2.24) is 10.00 Å². The van der Waals surface area contributed by atoms with Gasteiger partial charge >= 0.3 is 11.9 Å². The lowest BCUT2D eigenvalue weighted by Gasteiger charge is -2.17. The molecule has 1 amide bonds. The molecule has 2 rings (SSSR count). The highest BCUT2D eigenvalue weighted by Gasteiger charge is 2.25. The highest BCUT2D eigenvalue weighted by molar-refractivity contribution is 6.32. The molecule has 0 spiro atoms. The van der Waals surface area contributed by atoms with E-state index in [9.17, 15) is 19.6 Å². The Morgan fingerprint density at radius 2 is 1.96 bits per heavy atom. The first-order chi connectivity index (χ1) is 12.1. The van der Waals surface area contributed by atoms with Crippen LogP contribution in [0.1, 0.15) is 12.6 Å². The van der Waals surface area contributed by atoms with Gasteiger partial charge in [0.05, 0.1) is 13.2 Å². The zero-order valence-corrected chi connectivity index (χ0v) is 13.6. The number of carbonyl (C=O) groups excluding carboxylic acids is 3. The van der Waals surface area contributed by atoms with Gasteiger partial charge in [0.1, 0.15) is 18.5 Å². The van der Waals surface area contributed by atoms with Crippen molar-refractivity contribution in [2.45, 2.75) is 13.5 Å². The summed E-state index contributed by atoms with van der Waals surface area (Å²) in [6.45, 7) is 1.03. The molecule has 8 nitrogen and oxygen atoms in total. The summed E-state index contributed by atoms with van der Waals surface area (Å²) in [4.78, 5) is 35.6. The topological polar surface area (TPSA) is 104 Å². The van der Waals surface area contributed by atoms with E-state index in [1.54, 1.807) is 13.0 Å². The van der Waals surface area contributed by atoms with Crippen molar-refractivity contribution >= 4 is 18.2 Å². The minimum absolute atomic E-state index is 0.0361. The molecule has 0 unspecified atom stereocenters. The van der Waals surface area contributed by atoms with Gasteiger partial charge in [-0.2, -0.15) is 0 Å². The van der Waals surface area contributed by atoms with Crippen molar-refractivity contribution in [1.29, 1.82) is 0 Å². The van der Waals surface area contributed by atoms with Crippen molar-refractivity contribution in [3.8, 4) is 11.3 Å². The fourth-order valence-corrected chi connectivity index (χ4v) is 2.14. The standard InChI is InChI=1S/C17H17N3O5/c1-2-25-17(23)16(22)19(10-11-21)12-14-8-9-15(18-20(14)24)13-6-4-3-5-7-13/h3-9,11H,2,10,12H2,1H3. The van der Waals surface area contributed by atoms with Crippen molar-refractivity contribution in [2.75, 3.05) is 13.2 Å². The lowest BCUT2D eigenvalue weighted by molar-refractivity contribution is -0.676. The summed E-state index contributed by atoms with van der Waals surface area (Å²) in [5.41, 5.74) is 1.36. The first kappa shape index (κ1) is 18.1. The number of ether oxygens (including phenoxy) is 1. The Morgan fingerprint density at radius 3 is 2.56 bits per heavy atom. The van der Waals surface area contributed by atoms with Gasteiger partial charge in [0.25, 0.3) is 0 Å². The number of hydrogen-bond acceptors (Lipinski definition) is 6. The monoisotopic (exact) mass is 343 g/mol. The second-order valence-corrected chi connectivity index (χ2v) is 5.02. The molecular weight excluding hydrogens is 326 g/mol. The Bertz CT molecular complexity index is 764. The largest absolute Gasteiger partial charge is 0.594 e. The Labute approximate surface area is 144 Å². The predicted molar refractivity (Wildman–Crippen MR) is 86.7 cm³/mol. The van der Waals surface area contributed by atoms with E-state index in [1.165, 1.54) is 6.07 Å². The number of aromatic nitrogens is 2. The van der Waals surface area contributed by atoms with E-state index in [4.69, 9.17) is 0 Å². The van der Waals surface area contributed by atoms with Gasteiger partial charge in [-0.25, -0.2) is 4.79 Å². The second kappa shape index (κ2) is 8.53. The summed E-state index contributed by atoms with van der Waals surface area (Å²) in [7, 11) is 0. The lowest BCUT2D eigenvalue weighted by atomic mass is 10.1. The van der Waals surface area contributed by atoms with Crippen LogP contribution in [0.4, 0.5) is 0 Å². The van der Waals surface area contributed by atoms with Gasteiger partial charge in [0, 0.05) is 16.7 Å². The number of hydrogen-bond donors (Lipinski definition) is 0. The quantitative estimate of drug-likeness (QED) is 0.248. The molecule has 2 aromatic rings. The van der Waals surface area contributed by atoms with Gasteiger partial charge in [-0.05, 0) is 13.0 Å². The molecule has 0 aliphatic carbocycles. The number of nitrogens with zero attached hydrogens (tertiary/aromatic N) is 3. The summed E-state index contributed by atoms with van der Waals surface area (Å²) in [5.74, 6) is -2.06. The molecule has 1 aromatic carbocycles. The van der Waals surface area contributed by atoms with Crippen molar-refractivity contribution in [3.05, 3.63) is 53.4 Å². The minimum Gasteiger partial charge on any atom is -0.594 e. The number of aldehydes is 1. The molecule has 0 radical (unpaired) electrons. The number of carbonyl (C=O) groups is 3. The van der Waals surface area contributed by atoms with Crippen LogP contribution in [0.5, 0.6) is 0 Å². The van der Waals surface area contributed by atoms with E-state index < -0.39 is 11.9 Å². The smallest absolute Gasteiger partial charge is 0.397 e. The number of amides is 1. The van der Waals surface area contributed by atoms with Crippen molar-refractivity contribution in [3.63, 3.8) is 0 Å². The fourth-order valence-electron chi connectivity index (χ4n) is 2.14. The average Bonchev–Trinajstić information content (AvgIpc) is 2.63. The lowest BCUT2D eigenvalue weighted by Crippen LogP contribution is -2.44. The third-order valence-corrected chi connectivity index (χ3v) is 3.33. The maximum atomic E-state index is 12.1. The maximum absolute atomic E-state index is 12.1. The molecule has 0 N–H and O–H groups in total. The van der Waals surface area contributed by atoms with Crippen LogP contribution in [0, 0.1) is 5.21 Å². The van der Waals surface area contributed by atoms with Gasteiger partial charge < -0.3 is 19.6 Å². The Morgan fingerprint density at radius 1 is 1.24 bits per heavy atom. The van der Waals surface area contributed by atoms with Crippen LogP contribution in [0.3, 0.4) is 0 Å². The predicted octanol–water partition coefficient (Wildman–Crippen LogP) is 0.473. The molecule has 0 bridgehead atoms. The number of benzene rings is 1. The number of rotatable bonds is 6. The van der Waals surface area contributed by atoms with Crippen LogP contribution < -0.4 is 4.85 Å². The molecule has 1 aromatic heterocycles. The molecule has 0 aliphatic heterocycles. The molecule has 0 saturated carbocycles. The molecule has 8 heteroatoms. The third-order valence-electron chi connectivity index (χ3n) is 3.33. The van der Waals surface area contributed by atoms with Gasteiger partial charge in [0.2, 0.25) is 5.69 Å². The van der Waals surface area contributed by atoms with E-state index in [0.29, 0.717) is 16.8 Å². The zero-order valence-electron chi connectivity index (χ0n) is 13.6. The summed E-state index contributed by atoms with van der Waals surface area (Å²) >= 11 is 0. The summed E-state index contributed by atoms with van der Waals surface area (Å²) in [6, 6.07) is 12.2. The van der Waals surface area contributed by atoms with E-state index in [-0.39, 0.29) is 25.4 Å². The molecule has 0 saturated heterocycles. The normalized spacial score (nSPS) is 10.1. The second-order valence-electron chi connectivity index (χ2n) is 5.02. The molecule has 130 valence electrons. The van der Waals surface area contributed by atoms with Crippen molar-refractivity contribution < 1.29 is 24.0 Å². The third kappa shape index (κ3) is 4.60. The van der Waals surface area contributed by atoms with Gasteiger partial charge in [0.15, 0.2) is 0 Å². The summed E-state index contributed by atoms with van der Waals surface area (Å²) in [6.07, 6.45) is 0.470. The highest BCUT2D eigenvalue weighted by Crippen LogP contribution is 2.15. The summed E-state index contributed by atoms with van der Waals surface area (Å²) < 4.78 is 4.63. The molecule has 0 fully saturated rings. The Balaban J connectivity index is 2.20. The van der Waals surface area contributed by atoms with E-state index >= 15 is 0 Å². The van der Waals surface area contributed by atoms with Crippen LogP contribution in [-0.4, -0.2) is 41.3 Å².